The van der Waals surface area contributed by atoms with Crippen molar-refractivity contribution in [2.45, 2.75) is 32.6 Å². The molecule has 3 rings (SSSR count). The maximum absolute atomic E-state index is 4.74. The van der Waals surface area contributed by atoms with Crippen LogP contribution in [0.3, 0.4) is 0 Å². The smallest absolute Gasteiger partial charge is 0.227 e. The summed E-state index contributed by atoms with van der Waals surface area (Å²) >= 11 is 0. The summed E-state index contributed by atoms with van der Waals surface area (Å²) in [6, 6.07) is 2.05. The lowest BCUT2D eigenvalue weighted by Crippen LogP contribution is -2.33. The Morgan fingerprint density at radius 3 is 2.50 bits per heavy atom. The van der Waals surface area contributed by atoms with E-state index in [2.05, 4.69) is 27.8 Å². The molecule has 2 aliphatic heterocycles. The zero-order valence-electron chi connectivity index (χ0n) is 11.2. The number of aromatic nitrogens is 2. The molecule has 0 aliphatic carbocycles. The highest BCUT2D eigenvalue weighted by molar-refractivity contribution is 5.44. The van der Waals surface area contributed by atoms with Gasteiger partial charge in [-0.3, -0.25) is 0 Å². The summed E-state index contributed by atoms with van der Waals surface area (Å²) in [5.41, 5.74) is 0. The third-order valence-corrected chi connectivity index (χ3v) is 4.12. The first kappa shape index (κ1) is 11.8. The molecule has 0 saturated carbocycles. The van der Waals surface area contributed by atoms with Crippen LogP contribution in [0.1, 0.15) is 32.6 Å². The molecule has 1 aromatic heterocycles. The van der Waals surface area contributed by atoms with Crippen LogP contribution >= 0.6 is 0 Å². The van der Waals surface area contributed by atoms with E-state index >= 15 is 0 Å². The van der Waals surface area contributed by atoms with Gasteiger partial charge in [-0.15, -0.1) is 0 Å². The summed E-state index contributed by atoms with van der Waals surface area (Å²) in [6.45, 7) is 6.84. The number of piperidine rings is 1. The molecule has 2 aliphatic rings. The van der Waals surface area contributed by atoms with Crippen LogP contribution in [0, 0.1) is 5.92 Å². The molecule has 0 N–H and O–H groups in total. The third kappa shape index (κ3) is 2.42. The van der Waals surface area contributed by atoms with Crippen LogP contribution in [0.15, 0.2) is 12.3 Å². The Labute approximate surface area is 109 Å². The van der Waals surface area contributed by atoms with E-state index in [1.165, 1.54) is 25.7 Å². The number of rotatable bonds is 2. The highest BCUT2D eigenvalue weighted by Crippen LogP contribution is 2.23. The van der Waals surface area contributed by atoms with Crippen LogP contribution in [-0.2, 0) is 0 Å². The molecule has 0 unspecified atom stereocenters. The van der Waals surface area contributed by atoms with Crippen molar-refractivity contribution >= 4 is 11.8 Å². The molecule has 0 spiro atoms. The second-order valence-corrected chi connectivity index (χ2v) is 5.58. The van der Waals surface area contributed by atoms with Gasteiger partial charge < -0.3 is 9.80 Å². The second-order valence-electron chi connectivity index (χ2n) is 5.58. The van der Waals surface area contributed by atoms with Gasteiger partial charge in [0.2, 0.25) is 5.95 Å². The predicted octanol–water partition coefficient (Wildman–Crippen LogP) is 2.31. The lowest BCUT2D eigenvalue weighted by atomic mass is 9.99. The molecule has 0 amide bonds. The molecule has 4 nitrogen and oxygen atoms in total. The van der Waals surface area contributed by atoms with E-state index in [1.807, 2.05) is 6.20 Å². The van der Waals surface area contributed by atoms with Crippen molar-refractivity contribution in [3.8, 4) is 0 Å². The highest BCUT2D eigenvalue weighted by Gasteiger charge is 2.19. The predicted molar refractivity (Wildman–Crippen MR) is 74.1 cm³/mol. The maximum Gasteiger partial charge on any atom is 0.227 e. The Balaban J connectivity index is 1.74. The molecule has 2 saturated heterocycles. The van der Waals surface area contributed by atoms with Gasteiger partial charge in [-0.2, -0.15) is 4.98 Å². The van der Waals surface area contributed by atoms with E-state index in [1.54, 1.807) is 0 Å². The Bertz CT molecular complexity index is 393. The summed E-state index contributed by atoms with van der Waals surface area (Å²) in [4.78, 5) is 13.9. The van der Waals surface area contributed by atoms with Crippen LogP contribution in [0.5, 0.6) is 0 Å². The van der Waals surface area contributed by atoms with E-state index in [9.17, 15) is 0 Å². The van der Waals surface area contributed by atoms with Gasteiger partial charge in [-0.1, -0.05) is 6.92 Å². The zero-order valence-corrected chi connectivity index (χ0v) is 11.2. The molecule has 0 radical (unpaired) electrons. The SMILES string of the molecule is CC1CCN(c2ccnc(N3CCCC3)n2)CC1. The summed E-state index contributed by atoms with van der Waals surface area (Å²) in [5.74, 6) is 2.89. The van der Waals surface area contributed by atoms with Gasteiger partial charge in [0.1, 0.15) is 5.82 Å². The number of hydrogen-bond donors (Lipinski definition) is 0. The van der Waals surface area contributed by atoms with Gasteiger partial charge in [0.05, 0.1) is 0 Å². The minimum Gasteiger partial charge on any atom is -0.356 e. The zero-order chi connectivity index (χ0) is 12.4. The molecule has 0 aromatic carbocycles. The molecule has 1 aromatic rings. The second kappa shape index (κ2) is 5.12. The van der Waals surface area contributed by atoms with E-state index in [-0.39, 0.29) is 0 Å². The van der Waals surface area contributed by atoms with Gasteiger partial charge in [-0.05, 0) is 37.7 Å². The van der Waals surface area contributed by atoms with Crippen molar-refractivity contribution in [3.05, 3.63) is 12.3 Å². The lowest BCUT2D eigenvalue weighted by Gasteiger charge is -2.31. The topological polar surface area (TPSA) is 32.3 Å². The molecule has 98 valence electrons. The molecular formula is C14H22N4. The average molecular weight is 246 g/mol. The van der Waals surface area contributed by atoms with Crippen molar-refractivity contribution in [1.29, 1.82) is 0 Å². The van der Waals surface area contributed by atoms with Crippen LogP contribution in [0.4, 0.5) is 11.8 Å². The van der Waals surface area contributed by atoms with Crippen LogP contribution < -0.4 is 9.80 Å². The molecule has 0 atom stereocenters. The lowest BCUT2D eigenvalue weighted by molar-refractivity contribution is 0.436. The van der Waals surface area contributed by atoms with E-state index < -0.39 is 0 Å². The Kier molecular flexibility index (Phi) is 3.35. The number of anilines is 2. The first-order chi connectivity index (χ1) is 8.83. The molecule has 4 heteroatoms. The standard InChI is InChI=1S/C14H22N4/c1-12-5-10-17(11-6-12)13-4-7-15-14(16-13)18-8-2-3-9-18/h4,7,12H,2-3,5-6,8-11H2,1H3. The average Bonchev–Trinajstić information content (AvgIpc) is 2.94. The summed E-state index contributed by atoms with van der Waals surface area (Å²) in [5, 5.41) is 0. The van der Waals surface area contributed by atoms with Gasteiger partial charge >= 0.3 is 0 Å². The van der Waals surface area contributed by atoms with Crippen molar-refractivity contribution < 1.29 is 0 Å². The van der Waals surface area contributed by atoms with Crippen LogP contribution in [0.2, 0.25) is 0 Å². The minimum atomic E-state index is 0.862. The van der Waals surface area contributed by atoms with Gasteiger partial charge in [0.15, 0.2) is 0 Å². The molecule has 18 heavy (non-hydrogen) atoms. The van der Waals surface area contributed by atoms with Crippen molar-refractivity contribution in [2.75, 3.05) is 36.0 Å². The highest BCUT2D eigenvalue weighted by atomic mass is 15.3. The number of nitrogens with zero attached hydrogens (tertiary/aromatic N) is 4. The Morgan fingerprint density at radius 1 is 1.06 bits per heavy atom. The maximum atomic E-state index is 4.74. The number of hydrogen-bond acceptors (Lipinski definition) is 4. The molecular weight excluding hydrogens is 224 g/mol. The molecule has 3 heterocycles. The fraction of sp³-hybridized carbons (Fsp3) is 0.714. The fourth-order valence-corrected chi connectivity index (χ4v) is 2.82. The fourth-order valence-electron chi connectivity index (χ4n) is 2.82. The quantitative estimate of drug-likeness (QED) is 0.801. The normalized spacial score (nSPS) is 21.6. The van der Waals surface area contributed by atoms with Gasteiger partial charge in [-0.25, -0.2) is 4.98 Å². The molecule has 0 bridgehead atoms. The molecule has 2 fully saturated rings. The minimum absolute atomic E-state index is 0.862. The van der Waals surface area contributed by atoms with E-state index in [0.29, 0.717) is 0 Å². The van der Waals surface area contributed by atoms with Crippen LogP contribution in [-0.4, -0.2) is 36.1 Å². The third-order valence-electron chi connectivity index (χ3n) is 4.12. The first-order valence-electron chi connectivity index (χ1n) is 7.16. The van der Waals surface area contributed by atoms with E-state index in [4.69, 9.17) is 4.98 Å². The van der Waals surface area contributed by atoms with Crippen LogP contribution in [0.25, 0.3) is 0 Å². The largest absolute Gasteiger partial charge is 0.356 e. The summed E-state index contributed by atoms with van der Waals surface area (Å²) in [6.07, 6.45) is 7.02. The van der Waals surface area contributed by atoms with E-state index in [0.717, 1.165) is 43.9 Å². The van der Waals surface area contributed by atoms with Gasteiger partial charge in [0, 0.05) is 32.4 Å². The Morgan fingerprint density at radius 2 is 1.78 bits per heavy atom. The van der Waals surface area contributed by atoms with Crippen molar-refractivity contribution in [2.24, 2.45) is 5.92 Å². The first-order valence-corrected chi connectivity index (χ1v) is 7.16. The summed E-state index contributed by atoms with van der Waals surface area (Å²) < 4.78 is 0. The monoisotopic (exact) mass is 246 g/mol. The van der Waals surface area contributed by atoms with Crippen molar-refractivity contribution in [1.82, 2.24) is 9.97 Å². The van der Waals surface area contributed by atoms with Crippen molar-refractivity contribution in [3.63, 3.8) is 0 Å². The summed E-state index contributed by atoms with van der Waals surface area (Å²) in [7, 11) is 0. The van der Waals surface area contributed by atoms with Gasteiger partial charge in [0.25, 0.3) is 0 Å². The Hall–Kier alpha value is -1.32.